The van der Waals surface area contributed by atoms with E-state index in [1.807, 2.05) is 79.3 Å². The zero-order chi connectivity index (χ0) is 65.5. The first-order chi connectivity index (χ1) is 41.3. The van der Waals surface area contributed by atoms with Crippen LogP contribution in [-0.4, -0.2) is 54.0 Å². The van der Waals surface area contributed by atoms with Crippen LogP contribution in [0, 0.1) is 90.3 Å². The summed E-state index contributed by atoms with van der Waals surface area (Å²) in [6, 6.07) is 34.3. The Bertz CT molecular complexity index is 4400. The number of fused-ring (bicyclic) bond motifs is 20. The maximum absolute atomic E-state index is 14.2. The molecule has 10 aromatic rings. The van der Waals surface area contributed by atoms with Gasteiger partial charge in [-0.1, -0.05) is 226 Å². The van der Waals surface area contributed by atoms with Gasteiger partial charge in [0.25, 0.3) is 11.8 Å². The molecule has 0 spiro atoms. The normalized spacial score (nSPS) is 19.1. The molecule has 4 aliphatic heterocycles. The summed E-state index contributed by atoms with van der Waals surface area (Å²) < 4.78 is 23.1. The smallest absolute Gasteiger partial charge is 0.255 e. The summed E-state index contributed by atoms with van der Waals surface area (Å²) in [5, 5.41) is 8.98. The summed E-state index contributed by atoms with van der Waals surface area (Å²) in [7, 11) is 8.19. The van der Waals surface area contributed by atoms with Gasteiger partial charge in [-0.2, -0.15) is 0 Å². The topological polar surface area (TPSA) is 78.8 Å². The van der Waals surface area contributed by atoms with Crippen LogP contribution in [0.5, 0.6) is 0 Å². The van der Waals surface area contributed by atoms with Gasteiger partial charge in [0.1, 0.15) is 12.5 Å². The maximum atomic E-state index is 14.2. The molecular formula is C86H130N6O4W2-8. The Morgan fingerprint density at radius 2 is 0.592 bits per heavy atom. The molecular weight excluding hydrogens is 1550 g/mol. The number of amides is 2. The third-order valence-electron chi connectivity index (χ3n) is 23.1. The van der Waals surface area contributed by atoms with Crippen molar-refractivity contribution in [1.82, 2.24) is 28.1 Å². The van der Waals surface area contributed by atoms with Gasteiger partial charge >= 0.3 is 0 Å². The number of hydrogen-bond donors (Lipinski definition) is 0. The monoisotopic (exact) mass is 1680 g/mol. The first-order valence-electron chi connectivity index (χ1n) is 32.8. The Morgan fingerprint density at radius 1 is 0.357 bits per heavy atom. The number of hydrogen-bond acceptors (Lipinski definition) is 4. The van der Waals surface area contributed by atoms with Crippen LogP contribution in [0.1, 0.15) is 225 Å². The minimum Gasteiger partial charge on any atom is -0.533 e. The second-order valence-corrected chi connectivity index (χ2v) is 28.5. The fourth-order valence-corrected chi connectivity index (χ4v) is 15.3. The van der Waals surface area contributed by atoms with Crippen LogP contribution in [0.4, 0.5) is 0 Å². The number of aryl methyl sites for hydroxylation is 2. The van der Waals surface area contributed by atoms with E-state index in [-0.39, 0.29) is 158 Å². The van der Waals surface area contributed by atoms with Crippen molar-refractivity contribution in [3.8, 4) is 0 Å². The summed E-state index contributed by atoms with van der Waals surface area (Å²) in [5.41, 5.74) is 11.1. The summed E-state index contributed by atoms with van der Waals surface area (Å²) in [6.45, 7) is 56.7. The van der Waals surface area contributed by atoms with E-state index in [1.165, 1.54) is 21.7 Å². The molecule has 10 nitrogen and oxygen atoms in total. The summed E-state index contributed by atoms with van der Waals surface area (Å²) in [6.07, 6.45) is -0.505. The zero-order valence-electron chi connectivity index (χ0n) is 65.7. The van der Waals surface area contributed by atoms with Crippen LogP contribution in [0.25, 0.3) is 87.2 Å². The Kier molecular flexibility index (Phi) is 31.3. The summed E-state index contributed by atoms with van der Waals surface area (Å²) in [4.78, 5) is 32.2. The van der Waals surface area contributed by atoms with Crippen LogP contribution in [0.2, 0.25) is 0 Å². The maximum Gasteiger partial charge on any atom is 0.255 e. The van der Waals surface area contributed by atoms with Gasteiger partial charge in [0.2, 0.25) is 0 Å². The first-order valence-corrected chi connectivity index (χ1v) is 32.8. The molecule has 2 saturated heterocycles. The second kappa shape index (κ2) is 32.4. The molecule has 2 unspecified atom stereocenters. The van der Waals surface area contributed by atoms with E-state index >= 15 is 0 Å². The average Bonchev–Trinajstić information content (AvgIpc) is 1.50. The van der Waals surface area contributed by atoms with E-state index in [0.717, 1.165) is 87.8 Å². The van der Waals surface area contributed by atoms with Crippen molar-refractivity contribution in [2.75, 3.05) is 14.1 Å². The van der Waals surface area contributed by atoms with E-state index in [2.05, 4.69) is 253 Å². The van der Waals surface area contributed by atoms with Gasteiger partial charge in [0.15, 0.2) is 0 Å². The molecule has 14 rings (SSSR count). The quantitative estimate of drug-likeness (QED) is 0.162. The van der Waals surface area contributed by atoms with Crippen LogP contribution >= 0.6 is 0 Å². The molecule has 4 aromatic heterocycles. The van der Waals surface area contributed by atoms with Crippen molar-refractivity contribution < 1.29 is 61.2 Å². The third kappa shape index (κ3) is 12.4. The number of ether oxygens (including phenoxy) is 2. The molecule has 2 atom stereocenters. The van der Waals surface area contributed by atoms with Gasteiger partial charge in [-0.3, -0.25) is 9.59 Å². The van der Waals surface area contributed by atoms with E-state index in [1.54, 1.807) is 0 Å². The van der Waals surface area contributed by atoms with Crippen molar-refractivity contribution in [3.63, 3.8) is 0 Å². The number of carbonyl (C=O) groups is 2. The molecule has 0 N–H and O–H groups in total. The molecule has 2 fully saturated rings. The predicted molar refractivity (Wildman–Crippen MR) is 426 cm³/mol. The second-order valence-electron chi connectivity index (χ2n) is 28.5. The van der Waals surface area contributed by atoms with E-state index < -0.39 is 11.1 Å². The van der Waals surface area contributed by atoms with Crippen LogP contribution in [0.15, 0.2) is 97.1 Å². The van der Waals surface area contributed by atoms with E-state index in [0.29, 0.717) is 0 Å². The first kappa shape index (κ1) is 94.8. The third-order valence-corrected chi connectivity index (χ3v) is 23.1. The number of nitrogens with zero attached hydrogens (tertiary/aromatic N) is 6. The van der Waals surface area contributed by atoms with Crippen molar-refractivity contribution in [2.45, 2.75) is 205 Å². The molecule has 2 amide bonds. The molecule has 0 radical (unpaired) electrons. The molecule has 12 heteroatoms. The Labute approximate surface area is 626 Å². The minimum absolute atomic E-state index is 0. The van der Waals surface area contributed by atoms with Gasteiger partial charge < -0.3 is 82.1 Å². The summed E-state index contributed by atoms with van der Waals surface area (Å²) in [5.74, 6) is 0.171. The summed E-state index contributed by atoms with van der Waals surface area (Å²) >= 11 is 0. The fraction of sp³-hybridized carbons (Fsp3) is 0.465. The fourth-order valence-electron chi connectivity index (χ4n) is 15.3. The van der Waals surface area contributed by atoms with Gasteiger partial charge in [-0.15, -0.1) is 10.8 Å². The number of para-hydroxylation sites is 4. The zero-order valence-corrected chi connectivity index (χ0v) is 71.5. The number of benzene rings is 6. The molecule has 548 valence electrons. The Hall–Kier alpha value is -5.24. The SMILES string of the molecule is C.C.CC.CC.CC.CC.CN1C(=O)c2c(c3c4ccccc4n(C)c3c3c2c2ccccc2n3C2O[CH-]C(C)(C)C(C)(C)C2(C)C)C1(C)C.CN1C(=O)c2c(c3c4ccccc4n(C4O[CH-]C(C)(C)C(C)(C)C4(C)C)c3c3c2c2ccccc2n3C)C1(C)C.[CH3-].[CH3-].[CH3-].[CH3-].[CH3-].[CH3-].[W].[W]. The average molecular weight is 1680 g/mol. The standard InChI is InChI=1S/2C35H40N3O2.4C2H6.2CH4.6CH3.2W/c1-32(2)19-40-31(33(3,4)35(32,7)8)38-23-18-14-12-16-21(23)24-26-27(34(5,6)37(10)30(26)39)25-20-15-11-13-17-22(20)36(9)28(25)29(24)38;1-32(2)19-40-31(33(3,4)35(32,7)8)38-23-18-14-12-16-21(23)25-27-26(30(39)37(10)34(27,5)6)24-20-15-11-13-17-22(20)36(9)28(24)29(25)38;4*1-2;;;;;;;;;;/h2*11-19,31H,1-10H3;4*1-2H3;2*1H4;6*1H3;;/q2*-1;;;;;;;6*-1;;. The number of carbonyl (C=O) groups excluding carboxylic acids is 2. The van der Waals surface area contributed by atoms with Crippen LogP contribution in [-0.2, 0) is 76.8 Å². The van der Waals surface area contributed by atoms with Crippen molar-refractivity contribution >= 4 is 99.0 Å². The minimum atomic E-state index is -0.471. The molecule has 8 heterocycles. The Balaban J connectivity index is 0. The molecule has 4 aliphatic rings. The molecule has 0 aliphatic carbocycles. The van der Waals surface area contributed by atoms with Crippen LogP contribution < -0.4 is 0 Å². The number of aromatic nitrogens is 4. The van der Waals surface area contributed by atoms with Crippen molar-refractivity contribution in [2.24, 2.45) is 46.6 Å². The van der Waals surface area contributed by atoms with Crippen LogP contribution in [0.3, 0.4) is 0 Å². The van der Waals surface area contributed by atoms with Gasteiger partial charge in [0, 0.05) is 146 Å². The largest absolute Gasteiger partial charge is 0.533 e. The molecule has 6 aromatic carbocycles. The van der Waals surface area contributed by atoms with Gasteiger partial charge in [-0.05, 0) is 62.8 Å². The molecule has 0 saturated carbocycles. The predicted octanol–water partition coefficient (Wildman–Crippen LogP) is 25.1. The molecule has 0 bridgehead atoms. The van der Waals surface area contributed by atoms with E-state index in [4.69, 9.17) is 9.47 Å². The van der Waals surface area contributed by atoms with Crippen molar-refractivity contribution in [3.05, 3.63) is 177 Å². The van der Waals surface area contributed by atoms with E-state index in [9.17, 15) is 9.59 Å². The molecule has 98 heavy (non-hydrogen) atoms. The Morgan fingerprint density at radius 3 is 0.918 bits per heavy atom. The van der Waals surface area contributed by atoms with Crippen molar-refractivity contribution in [1.29, 1.82) is 0 Å². The number of rotatable bonds is 2. The van der Waals surface area contributed by atoms with Gasteiger partial charge in [0.05, 0.1) is 55.3 Å². The van der Waals surface area contributed by atoms with Gasteiger partial charge in [-0.25, -0.2) is 13.2 Å².